The molecule has 5 rings (SSSR count). The monoisotopic (exact) mass is 524 g/mol. The van der Waals surface area contributed by atoms with Gasteiger partial charge in [-0.1, -0.05) is 35.7 Å². The molecule has 0 bridgehead atoms. The van der Waals surface area contributed by atoms with Crippen molar-refractivity contribution in [3.63, 3.8) is 0 Å². The Morgan fingerprint density at radius 3 is 2.74 bits per heavy atom. The molecule has 34 heavy (non-hydrogen) atoms. The topological polar surface area (TPSA) is 56.4 Å². The van der Waals surface area contributed by atoms with E-state index in [-0.39, 0.29) is 6.04 Å². The maximum absolute atomic E-state index is 6.50. The van der Waals surface area contributed by atoms with Crippen LogP contribution < -0.4 is 14.2 Å². The molecule has 0 N–H and O–H groups in total. The summed E-state index contributed by atoms with van der Waals surface area (Å²) < 4.78 is 25.1. The SMILES string of the molecule is CCCCCOc1ccc(C2Oc3ccc(Br)cc3C3CC(c4ccc(C)o4)=NN32)cc1OC. The van der Waals surface area contributed by atoms with E-state index in [4.69, 9.17) is 23.7 Å². The molecule has 2 aliphatic heterocycles. The molecule has 0 radical (unpaired) electrons. The zero-order chi connectivity index (χ0) is 23.7. The second-order valence-corrected chi connectivity index (χ2v) is 9.59. The highest BCUT2D eigenvalue weighted by Crippen LogP contribution is 2.49. The highest BCUT2D eigenvalue weighted by Gasteiger charge is 2.42. The molecular formula is C27H29BrN2O4. The predicted octanol–water partition coefficient (Wildman–Crippen LogP) is 7.17. The lowest BCUT2D eigenvalue weighted by Gasteiger charge is -2.38. The molecular weight excluding hydrogens is 496 g/mol. The van der Waals surface area contributed by atoms with Crippen LogP contribution in [0.2, 0.25) is 0 Å². The number of hydrazone groups is 1. The van der Waals surface area contributed by atoms with Crippen molar-refractivity contribution < 1.29 is 18.6 Å². The summed E-state index contributed by atoms with van der Waals surface area (Å²) in [6.45, 7) is 4.81. The first-order valence-corrected chi connectivity index (χ1v) is 12.6. The lowest BCUT2D eigenvalue weighted by Crippen LogP contribution is -2.33. The molecule has 2 unspecified atom stereocenters. The van der Waals surface area contributed by atoms with Crippen LogP contribution in [0, 0.1) is 6.92 Å². The van der Waals surface area contributed by atoms with E-state index in [0.717, 1.165) is 70.0 Å². The standard InChI is InChI=1S/C27H29BrN2O4/c1-4-5-6-13-32-25-11-8-18(14-26(25)31-3)27-30-22(20-15-19(28)9-12-23(20)34-27)16-21(29-30)24-10-7-17(2)33-24/h7-12,14-15,22,27H,4-6,13,16H2,1-3H3. The maximum Gasteiger partial charge on any atom is 0.214 e. The second-order valence-electron chi connectivity index (χ2n) is 8.68. The van der Waals surface area contributed by atoms with Gasteiger partial charge in [0.25, 0.3) is 0 Å². The van der Waals surface area contributed by atoms with Gasteiger partial charge in [-0.15, -0.1) is 0 Å². The van der Waals surface area contributed by atoms with E-state index in [2.05, 4.69) is 28.9 Å². The Kier molecular flexibility index (Phi) is 6.55. The van der Waals surface area contributed by atoms with E-state index in [1.807, 2.05) is 54.4 Å². The highest BCUT2D eigenvalue weighted by atomic mass is 79.9. The third-order valence-electron chi connectivity index (χ3n) is 6.25. The van der Waals surface area contributed by atoms with Gasteiger partial charge in [0, 0.05) is 22.0 Å². The van der Waals surface area contributed by atoms with Crippen molar-refractivity contribution in [3.05, 3.63) is 75.7 Å². The number of methoxy groups -OCH3 is 1. The van der Waals surface area contributed by atoms with Crippen LogP contribution in [0.4, 0.5) is 0 Å². The molecule has 0 saturated carbocycles. The van der Waals surface area contributed by atoms with Gasteiger partial charge in [-0.25, -0.2) is 5.01 Å². The Bertz CT molecular complexity index is 1210. The Morgan fingerprint density at radius 1 is 1.09 bits per heavy atom. The third-order valence-corrected chi connectivity index (χ3v) is 6.75. The normalized spacial score (nSPS) is 18.7. The number of unbranched alkanes of at least 4 members (excludes halogenated alkanes) is 2. The zero-order valence-corrected chi connectivity index (χ0v) is 21.3. The van der Waals surface area contributed by atoms with Crippen LogP contribution in [-0.4, -0.2) is 24.4 Å². The number of aryl methyl sites for hydroxylation is 1. The Labute approximate surface area is 208 Å². The van der Waals surface area contributed by atoms with Crippen LogP contribution >= 0.6 is 15.9 Å². The van der Waals surface area contributed by atoms with Gasteiger partial charge in [-0.05, 0) is 61.9 Å². The first-order valence-electron chi connectivity index (χ1n) is 11.8. The number of ether oxygens (including phenoxy) is 3. The van der Waals surface area contributed by atoms with Gasteiger partial charge in [-0.2, -0.15) is 5.10 Å². The fraction of sp³-hybridized carbons (Fsp3) is 0.370. The predicted molar refractivity (Wildman–Crippen MR) is 135 cm³/mol. The van der Waals surface area contributed by atoms with Crippen LogP contribution in [-0.2, 0) is 0 Å². The minimum atomic E-state index is -0.393. The van der Waals surface area contributed by atoms with Crippen LogP contribution in [0.25, 0.3) is 0 Å². The molecule has 7 heteroatoms. The number of halogens is 1. The number of hydrogen-bond donors (Lipinski definition) is 0. The van der Waals surface area contributed by atoms with Gasteiger partial charge < -0.3 is 18.6 Å². The molecule has 1 aromatic heterocycles. The molecule has 178 valence electrons. The Hall–Kier alpha value is -2.93. The molecule has 6 nitrogen and oxygen atoms in total. The quantitative estimate of drug-likeness (QED) is 0.292. The maximum atomic E-state index is 6.50. The van der Waals surface area contributed by atoms with E-state index in [1.54, 1.807) is 7.11 Å². The van der Waals surface area contributed by atoms with E-state index in [0.29, 0.717) is 12.4 Å². The van der Waals surface area contributed by atoms with Crippen LogP contribution in [0.3, 0.4) is 0 Å². The Balaban J connectivity index is 1.49. The fourth-order valence-electron chi connectivity index (χ4n) is 4.51. The molecule has 0 aliphatic carbocycles. The summed E-state index contributed by atoms with van der Waals surface area (Å²) in [5, 5.41) is 7.01. The number of rotatable bonds is 8. The summed E-state index contributed by atoms with van der Waals surface area (Å²) in [6.07, 6.45) is 3.69. The van der Waals surface area contributed by atoms with Gasteiger partial charge in [0.1, 0.15) is 23.0 Å². The van der Waals surface area contributed by atoms with E-state index in [1.165, 1.54) is 0 Å². The summed E-state index contributed by atoms with van der Waals surface area (Å²) in [4.78, 5) is 0. The molecule has 3 heterocycles. The number of furan rings is 1. The van der Waals surface area contributed by atoms with E-state index >= 15 is 0 Å². The van der Waals surface area contributed by atoms with Crippen LogP contribution in [0.5, 0.6) is 17.2 Å². The van der Waals surface area contributed by atoms with E-state index in [9.17, 15) is 0 Å². The van der Waals surface area contributed by atoms with Crippen molar-refractivity contribution >= 4 is 21.6 Å². The second kappa shape index (κ2) is 9.74. The zero-order valence-electron chi connectivity index (χ0n) is 19.7. The molecule has 3 aromatic rings. The first kappa shape index (κ1) is 22.8. The number of hydrogen-bond acceptors (Lipinski definition) is 6. The molecule has 0 fully saturated rings. The number of benzene rings is 2. The van der Waals surface area contributed by atoms with Crippen molar-refractivity contribution in [1.82, 2.24) is 5.01 Å². The number of nitrogens with zero attached hydrogens (tertiary/aromatic N) is 2. The fourth-order valence-corrected chi connectivity index (χ4v) is 4.89. The van der Waals surface area contributed by atoms with Gasteiger partial charge in [-0.3, -0.25) is 0 Å². The highest BCUT2D eigenvalue weighted by molar-refractivity contribution is 9.10. The molecule has 2 aliphatic rings. The van der Waals surface area contributed by atoms with Crippen molar-refractivity contribution in [2.24, 2.45) is 5.10 Å². The molecule has 2 aromatic carbocycles. The molecule has 0 spiro atoms. The average Bonchev–Trinajstić information content (AvgIpc) is 3.48. The number of fused-ring (bicyclic) bond motifs is 3. The summed E-state index contributed by atoms with van der Waals surface area (Å²) >= 11 is 3.61. The van der Waals surface area contributed by atoms with Gasteiger partial charge in [0.2, 0.25) is 6.23 Å². The Morgan fingerprint density at radius 2 is 1.97 bits per heavy atom. The van der Waals surface area contributed by atoms with Crippen LogP contribution in [0.15, 0.2) is 62.5 Å². The van der Waals surface area contributed by atoms with Gasteiger partial charge >= 0.3 is 0 Å². The molecule has 0 saturated heterocycles. The van der Waals surface area contributed by atoms with Crippen molar-refractivity contribution in [2.45, 2.75) is 51.8 Å². The average molecular weight is 525 g/mol. The lowest BCUT2D eigenvalue weighted by atomic mass is 9.97. The largest absolute Gasteiger partial charge is 0.493 e. The first-order chi connectivity index (χ1) is 16.6. The van der Waals surface area contributed by atoms with Crippen LogP contribution in [0.1, 0.15) is 67.5 Å². The minimum absolute atomic E-state index is 0.0441. The molecule has 0 amide bonds. The van der Waals surface area contributed by atoms with Crippen molar-refractivity contribution in [1.29, 1.82) is 0 Å². The van der Waals surface area contributed by atoms with Gasteiger partial charge in [0.15, 0.2) is 11.5 Å². The third kappa shape index (κ3) is 4.41. The van der Waals surface area contributed by atoms with Crippen molar-refractivity contribution in [2.75, 3.05) is 13.7 Å². The van der Waals surface area contributed by atoms with Gasteiger partial charge in [0.05, 0.1) is 19.8 Å². The summed E-state index contributed by atoms with van der Waals surface area (Å²) in [5.74, 6) is 3.98. The smallest absolute Gasteiger partial charge is 0.214 e. The summed E-state index contributed by atoms with van der Waals surface area (Å²) in [5.41, 5.74) is 2.98. The van der Waals surface area contributed by atoms with E-state index < -0.39 is 6.23 Å². The lowest BCUT2D eigenvalue weighted by molar-refractivity contribution is -0.0192. The minimum Gasteiger partial charge on any atom is -0.493 e. The summed E-state index contributed by atoms with van der Waals surface area (Å²) in [7, 11) is 1.67. The van der Waals surface area contributed by atoms with Crippen molar-refractivity contribution in [3.8, 4) is 17.2 Å². The molecule has 2 atom stereocenters. The summed E-state index contributed by atoms with van der Waals surface area (Å²) in [6, 6.07) is 16.1.